The number of pyridine rings is 2. The average molecular weight is 475 g/mol. The van der Waals surface area contributed by atoms with Crippen LogP contribution in [-0.2, 0) is 0 Å². The van der Waals surface area contributed by atoms with Gasteiger partial charge in [0.05, 0.1) is 16.9 Å². The first kappa shape index (κ1) is 21.9. The first-order valence-electron chi connectivity index (χ1n) is 11.6. The second-order valence-corrected chi connectivity index (χ2v) is 8.73. The van der Waals surface area contributed by atoms with Gasteiger partial charge in [0.15, 0.2) is 0 Å². The largest absolute Gasteiger partial charge is 0.273 e. The minimum absolute atomic E-state index is 0.211. The van der Waals surface area contributed by atoms with Crippen LogP contribution in [0.4, 0.5) is 8.78 Å². The first-order chi connectivity index (χ1) is 17.5. The topological polar surface area (TPSA) is 34.9 Å². The van der Waals surface area contributed by atoms with Crippen molar-refractivity contribution in [3.8, 4) is 28.1 Å². The highest BCUT2D eigenvalue weighted by atomic mass is 19.1. The third-order valence-electron chi connectivity index (χ3n) is 6.51. The van der Waals surface area contributed by atoms with E-state index < -0.39 is 0 Å². The Morgan fingerprint density at radius 2 is 1.33 bits per heavy atom. The summed E-state index contributed by atoms with van der Waals surface area (Å²) in [5.41, 5.74) is 4.74. The summed E-state index contributed by atoms with van der Waals surface area (Å²) in [4.78, 5) is 18.9. The van der Waals surface area contributed by atoms with E-state index in [1.807, 2.05) is 49.4 Å². The van der Waals surface area contributed by atoms with Crippen LogP contribution in [0, 0.1) is 18.6 Å². The number of fused-ring (bicyclic) bond motifs is 2. The molecule has 0 aliphatic rings. The van der Waals surface area contributed by atoms with E-state index in [0.717, 1.165) is 27.5 Å². The van der Waals surface area contributed by atoms with Gasteiger partial charge in [-0.3, -0.25) is 14.3 Å². The van der Waals surface area contributed by atoms with Crippen molar-refractivity contribution in [2.24, 2.45) is 0 Å². The maximum absolute atomic E-state index is 14.2. The molecule has 0 saturated heterocycles. The van der Waals surface area contributed by atoms with Gasteiger partial charge in [0, 0.05) is 22.5 Å². The number of rotatable bonds is 3. The Hall–Kier alpha value is -4.64. The summed E-state index contributed by atoms with van der Waals surface area (Å²) in [6, 6.07) is 27.4. The molecule has 0 atom stereocenters. The molecule has 4 aromatic carbocycles. The molecule has 0 spiro atoms. The van der Waals surface area contributed by atoms with E-state index in [9.17, 15) is 13.6 Å². The van der Waals surface area contributed by atoms with Gasteiger partial charge in [-0.2, -0.15) is 0 Å². The fraction of sp³-hybridized carbons (Fsp3) is 0.0323. The van der Waals surface area contributed by atoms with E-state index in [0.29, 0.717) is 27.8 Å². The molecular weight excluding hydrogens is 454 g/mol. The number of nitrogens with zero attached hydrogens (tertiary/aromatic N) is 2. The normalized spacial score (nSPS) is 11.3. The van der Waals surface area contributed by atoms with Crippen molar-refractivity contribution in [3.63, 3.8) is 0 Å². The summed E-state index contributed by atoms with van der Waals surface area (Å²) in [6.45, 7) is 1.94. The zero-order chi connectivity index (χ0) is 24.8. The molecule has 0 fully saturated rings. The van der Waals surface area contributed by atoms with Crippen LogP contribution >= 0.6 is 0 Å². The molecule has 0 aliphatic carbocycles. The van der Waals surface area contributed by atoms with Gasteiger partial charge in [0.25, 0.3) is 5.56 Å². The van der Waals surface area contributed by atoms with Gasteiger partial charge in [0.2, 0.25) is 0 Å². The fourth-order valence-electron chi connectivity index (χ4n) is 4.87. The molecule has 0 radical (unpaired) electrons. The van der Waals surface area contributed by atoms with Crippen LogP contribution in [0.25, 0.3) is 49.7 Å². The van der Waals surface area contributed by atoms with Crippen LogP contribution in [0.5, 0.6) is 0 Å². The average Bonchev–Trinajstić information content (AvgIpc) is 2.90. The predicted molar refractivity (Wildman–Crippen MR) is 140 cm³/mol. The third-order valence-corrected chi connectivity index (χ3v) is 6.51. The van der Waals surface area contributed by atoms with Crippen molar-refractivity contribution in [2.75, 3.05) is 0 Å². The lowest BCUT2D eigenvalue weighted by molar-refractivity contribution is 0.627. The summed E-state index contributed by atoms with van der Waals surface area (Å²) in [7, 11) is 0. The lowest BCUT2D eigenvalue weighted by atomic mass is 9.92. The molecule has 2 heterocycles. The van der Waals surface area contributed by atoms with Gasteiger partial charge in [-0.25, -0.2) is 8.78 Å². The first-order valence-corrected chi connectivity index (χ1v) is 11.6. The Morgan fingerprint density at radius 1 is 0.694 bits per heavy atom. The molecule has 5 heteroatoms. The van der Waals surface area contributed by atoms with Gasteiger partial charge < -0.3 is 0 Å². The molecule has 0 saturated carbocycles. The lowest BCUT2D eigenvalue weighted by Crippen LogP contribution is -2.23. The van der Waals surface area contributed by atoms with Gasteiger partial charge in [0.1, 0.15) is 11.6 Å². The Labute approximate surface area is 205 Å². The minimum atomic E-state index is -0.375. The second-order valence-electron chi connectivity index (χ2n) is 8.73. The number of hydrogen-bond donors (Lipinski definition) is 0. The van der Waals surface area contributed by atoms with E-state index in [-0.39, 0.29) is 17.2 Å². The Balaban J connectivity index is 1.88. The van der Waals surface area contributed by atoms with Gasteiger partial charge in [-0.1, -0.05) is 48.5 Å². The SMILES string of the molecule is Cc1ccc2cccnc2c1-n1c(-c2ccc(F)cc2)c(-c2ccc(F)cc2)c2ccccc2c1=O. The van der Waals surface area contributed by atoms with E-state index >= 15 is 0 Å². The number of benzene rings is 4. The van der Waals surface area contributed by atoms with E-state index in [4.69, 9.17) is 0 Å². The van der Waals surface area contributed by atoms with Crippen molar-refractivity contribution in [3.05, 3.63) is 131 Å². The molecular formula is C31H20F2N2O. The lowest BCUT2D eigenvalue weighted by Gasteiger charge is -2.22. The number of halogens is 2. The molecule has 2 aromatic heterocycles. The van der Waals surface area contributed by atoms with Crippen molar-refractivity contribution in [1.29, 1.82) is 0 Å². The summed E-state index contributed by atoms with van der Waals surface area (Å²) in [6.07, 6.45) is 1.70. The molecule has 0 unspecified atom stereocenters. The van der Waals surface area contributed by atoms with Crippen LogP contribution in [0.15, 0.2) is 108 Å². The molecule has 0 bridgehead atoms. The van der Waals surface area contributed by atoms with E-state index in [2.05, 4.69) is 4.98 Å². The van der Waals surface area contributed by atoms with Crippen LogP contribution in [0.3, 0.4) is 0 Å². The number of aromatic nitrogens is 2. The Bertz CT molecular complexity index is 1820. The quantitative estimate of drug-likeness (QED) is 0.267. The predicted octanol–water partition coefficient (Wildman–Crippen LogP) is 7.46. The molecule has 0 aliphatic heterocycles. The molecule has 6 rings (SSSR count). The molecule has 3 nitrogen and oxygen atoms in total. The van der Waals surface area contributed by atoms with Crippen LogP contribution < -0.4 is 5.56 Å². The standard InChI is InChI=1S/C31H20F2N2O/c1-19-8-9-21-5-4-18-34-28(21)29(19)35-30(22-12-16-24(33)17-13-22)27(20-10-14-23(32)15-11-20)25-6-2-3-7-26(25)31(35)36/h2-18H,1H3. The highest BCUT2D eigenvalue weighted by molar-refractivity contribution is 6.04. The van der Waals surface area contributed by atoms with Crippen molar-refractivity contribution in [1.82, 2.24) is 9.55 Å². The summed E-state index contributed by atoms with van der Waals surface area (Å²) >= 11 is 0. The summed E-state index contributed by atoms with van der Waals surface area (Å²) in [5, 5.41) is 2.15. The van der Waals surface area contributed by atoms with Crippen LogP contribution in [0.2, 0.25) is 0 Å². The molecule has 36 heavy (non-hydrogen) atoms. The van der Waals surface area contributed by atoms with Crippen molar-refractivity contribution in [2.45, 2.75) is 6.92 Å². The monoisotopic (exact) mass is 474 g/mol. The smallest absolute Gasteiger partial charge is 0.263 e. The van der Waals surface area contributed by atoms with Gasteiger partial charge >= 0.3 is 0 Å². The number of aryl methyl sites for hydroxylation is 1. The van der Waals surface area contributed by atoms with E-state index in [1.165, 1.54) is 24.3 Å². The zero-order valence-corrected chi connectivity index (χ0v) is 19.4. The van der Waals surface area contributed by atoms with Gasteiger partial charge in [-0.15, -0.1) is 0 Å². The molecule has 0 amide bonds. The molecule has 0 N–H and O–H groups in total. The Kier molecular flexibility index (Phi) is 5.19. The maximum atomic E-state index is 14.2. The zero-order valence-electron chi connectivity index (χ0n) is 19.4. The van der Waals surface area contributed by atoms with Crippen LogP contribution in [0.1, 0.15) is 5.56 Å². The maximum Gasteiger partial charge on any atom is 0.263 e. The van der Waals surface area contributed by atoms with Gasteiger partial charge in [-0.05, 0) is 77.5 Å². The number of hydrogen-bond acceptors (Lipinski definition) is 2. The van der Waals surface area contributed by atoms with Crippen molar-refractivity contribution >= 4 is 21.7 Å². The highest BCUT2D eigenvalue weighted by Gasteiger charge is 2.23. The van der Waals surface area contributed by atoms with Crippen molar-refractivity contribution < 1.29 is 8.78 Å². The molecule has 174 valence electrons. The summed E-state index contributed by atoms with van der Waals surface area (Å²) < 4.78 is 29.6. The highest BCUT2D eigenvalue weighted by Crippen LogP contribution is 2.39. The second kappa shape index (κ2) is 8.54. The molecule has 6 aromatic rings. The Morgan fingerprint density at radius 3 is 2.03 bits per heavy atom. The van der Waals surface area contributed by atoms with E-state index in [1.54, 1.807) is 41.1 Å². The minimum Gasteiger partial charge on any atom is -0.273 e. The third kappa shape index (κ3) is 3.48. The van der Waals surface area contributed by atoms with Crippen LogP contribution in [-0.4, -0.2) is 9.55 Å². The fourth-order valence-corrected chi connectivity index (χ4v) is 4.87. The summed E-state index contributed by atoms with van der Waals surface area (Å²) in [5.74, 6) is -0.728.